The summed E-state index contributed by atoms with van der Waals surface area (Å²) in [6.45, 7) is 1.98. The number of para-hydroxylation sites is 1. The van der Waals surface area contributed by atoms with E-state index in [1.807, 2.05) is 30.3 Å². The molecular weight excluding hydrogens is 322 g/mol. The van der Waals surface area contributed by atoms with Gasteiger partial charge >= 0.3 is 0 Å². The first-order chi connectivity index (χ1) is 12.9. The second-order valence-corrected chi connectivity index (χ2v) is 6.22. The maximum atomic E-state index is 5.70. The molecular formula is C23H26NO2+. The van der Waals surface area contributed by atoms with Gasteiger partial charge in [-0.15, -0.1) is 0 Å². The number of rotatable bonds is 9. The summed E-state index contributed by atoms with van der Waals surface area (Å²) in [5.74, 6) is 2.11. The fourth-order valence-corrected chi connectivity index (χ4v) is 3.16. The molecule has 3 heteroatoms. The average molecular weight is 348 g/mol. The number of methoxy groups -OCH3 is 1. The van der Waals surface area contributed by atoms with Crippen molar-refractivity contribution in [3.63, 3.8) is 0 Å². The van der Waals surface area contributed by atoms with Gasteiger partial charge in [-0.1, -0.05) is 54.6 Å². The minimum atomic E-state index is 0.204. The van der Waals surface area contributed by atoms with Crippen LogP contribution in [0.2, 0.25) is 0 Å². The van der Waals surface area contributed by atoms with Gasteiger partial charge in [-0.25, -0.2) is 0 Å². The molecule has 3 rings (SSSR count). The highest BCUT2D eigenvalue weighted by atomic mass is 16.5. The van der Waals surface area contributed by atoms with Gasteiger partial charge in [-0.3, -0.25) is 0 Å². The summed E-state index contributed by atoms with van der Waals surface area (Å²) in [6.07, 6.45) is 7.11. The van der Waals surface area contributed by atoms with E-state index in [4.69, 9.17) is 9.15 Å². The third-order valence-electron chi connectivity index (χ3n) is 4.47. The van der Waals surface area contributed by atoms with Crippen molar-refractivity contribution in [1.82, 2.24) is 0 Å². The molecule has 0 saturated carbocycles. The average Bonchev–Trinajstić information content (AvgIpc) is 3.23. The van der Waals surface area contributed by atoms with E-state index < -0.39 is 0 Å². The fraction of sp³-hybridized carbons (Fsp3) is 0.217. The van der Waals surface area contributed by atoms with Crippen molar-refractivity contribution in [2.45, 2.75) is 12.3 Å². The summed E-state index contributed by atoms with van der Waals surface area (Å²) in [7, 11) is 1.72. The van der Waals surface area contributed by atoms with Crippen molar-refractivity contribution in [3.8, 4) is 5.75 Å². The molecule has 0 unspecified atom stereocenters. The Morgan fingerprint density at radius 3 is 2.58 bits per heavy atom. The highest BCUT2D eigenvalue weighted by Crippen LogP contribution is 2.33. The zero-order valence-electron chi connectivity index (χ0n) is 15.2. The van der Waals surface area contributed by atoms with Gasteiger partial charge in [0, 0.05) is 12.0 Å². The molecule has 3 aromatic rings. The van der Waals surface area contributed by atoms with Gasteiger partial charge in [0.05, 0.1) is 32.4 Å². The lowest BCUT2D eigenvalue weighted by molar-refractivity contribution is -0.646. The van der Waals surface area contributed by atoms with Gasteiger partial charge < -0.3 is 14.5 Å². The van der Waals surface area contributed by atoms with Crippen molar-refractivity contribution in [1.29, 1.82) is 0 Å². The highest BCUT2D eigenvalue weighted by Gasteiger charge is 2.20. The molecule has 0 radical (unpaired) electrons. The fourth-order valence-electron chi connectivity index (χ4n) is 3.16. The molecule has 2 aromatic carbocycles. The SMILES string of the molecule is COc1ccccc1[C@@H](CC[NH2+]C/C=C/c1ccccc1)c1ccco1. The largest absolute Gasteiger partial charge is 0.496 e. The molecule has 0 amide bonds. The molecule has 0 aliphatic rings. The molecule has 0 spiro atoms. The second kappa shape index (κ2) is 9.64. The summed E-state index contributed by atoms with van der Waals surface area (Å²) >= 11 is 0. The number of furan rings is 1. The van der Waals surface area contributed by atoms with E-state index in [9.17, 15) is 0 Å². The van der Waals surface area contributed by atoms with Gasteiger partial charge in [0.2, 0.25) is 0 Å². The van der Waals surface area contributed by atoms with Crippen LogP contribution in [0.3, 0.4) is 0 Å². The monoisotopic (exact) mass is 348 g/mol. The quantitative estimate of drug-likeness (QED) is 0.592. The number of benzene rings is 2. The minimum Gasteiger partial charge on any atom is -0.496 e. The van der Waals surface area contributed by atoms with E-state index in [1.54, 1.807) is 13.4 Å². The summed E-state index contributed by atoms with van der Waals surface area (Å²) in [5, 5.41) is 2.32. The molecule has 0 aliphatic heterocycles. The molecule has 1 atom stereocenters. The molecule has 0 saturated heterocycles. The minimum absolute atomic E-state index is 0.204. The lowest BCUT2D eigenvalue weighted by atomic mass is 9.92. The van der Waals surface area contributed by atoms with Crippen LogP contribution in [0.4, 0.5) is 0 Å². The van der Waals surface area contributed by atoms with E-state index in [-0.39, 0.29) is 5.92 Å². The highest BCUT2D eigenvalue weighted by molar-refractivity contribution is 5.48. The summed E-state index contributed by atoms with van der Waals surface area (Å²) in [6, 6.07) is 22.6. The van der Waals surface area contributed by atoms with Crippen LogP contribution in [0.1, 0.15) is 29.2 Å². The van der Waals surface area contributed by atoms with Gasteiger partial charge in [0.15, 0.2) is 0 Å². The van der Waals surface area contributed by atoms with Crippen LogP contribution < -0.4 is 10.1 Å². The van der Waals surface area contributed by atoms with Crippen LogP contribution in [0.25, 0.3) is 6.08 Å². The van der Waals surface area contributed by atoms with Crippen LogP contribution in [0.5, 0.6) is 5.75 Å². The van der Waals surface area contributed by atoms with Crippen molar-refractivity contribution in [3.05, 3.63) is 96.0 Å². The van der Waals surface area contributed by atoms with Crippen LogP contribution in [0, 0.1) is 0 Å². The number of ether oxygens (including phenoxy) is 1. The third kappa shape index (κ3) is 4.87. The van der Waals surface area contributed by atoms with E-state index in [0.717, 1.165) is 31.0 Å². The molecule has 2 N–H and O–H groups in total. The molecule has 0 fully saturated rings. The smallest absolute Gasteiger partial charge is 0.122 e. The Hall–Kier alpha value is -2.78. The molecule has 0 bridgehead atoms. The summed E-state index contributed by atoms with van der Waals surface area (Å²) in [5.41, 5.74) is 2.42. The Kier molecular flexibility index (Phi) is 6.68. The predicted octanol–water partition coefficient (Wildman–Crippen LogP) is 4.09. The maximum absolute atomic E-state index is 5.70. The zero-order chi connectivity index (χ0) is 18.0. The maximum Gasteiger partial charge on any atom is 0.122 e. The Balaban J connectivity index is 1.58. The second-order valence-electron chi connectivity index (χ2n) is 6.22. The van der Waals surface area contributed by atoms with E-state index >= 15 is 0 Å². The van der Waals surface area contributed by atoms with E-state index in [2.05, 4.69) is 53.9 Å². The number of hydrogen-bond acceptors (Lipinski definition) is 2. The number of hydrogen-bond donors (Lipinski definition) is 1. The summed E-state index contributed by atoms with van der Waals surface area (Å²) in [4.78, 5) is 0. The van der Waals surface area contributed by atoms with Gasteiger partial charge in [0.25, 0.3) is 0 Å². The predicted molar refractivity (Wildman–Crippen MR) is 105 cm³/mol. The van der Waals surface area contributed by atoms with Crippen molar-refractivity contribution in [2.75, 3.05) is 20.2 Å². The molecule has 1 aromatic heterocycles. The Morgan fingerprint density at radius 1 is 1.00 bits per heavy atom. The van der Waals surface area contributed by atoms with Crippen LogP contribution >= 0.6 is 0 Å². The number of nitrogens with two attached hydrogens (primary N) is 1. The van der Waals surface area contributed by atoms with Crippen LogP contribution in [-0.2, 0) is 0 Å². The zero-order valence-corrected chi connectivity index (χ0v) is 15.2. The molecule has 0 aliphatic carbocycles. The molecule has 26 heavy (non-hydrogen) atoms. The van der Waals surface area contributed by atoms with Gasteiger partial charge in [0.1, 0.15) is 11.5 Å². The molecule has 134 valence electrons. The Morgan fingerprint density at radius 2 is 1.81 bits per heavy atom. The summed E-state index contributed by atoms with van der Waals surface area (Å²) < 4.78 is 11.3. The van der Waals surface area contributed by atoms with Crippen molar-refractivity contribution < 1.29 is 14.5 Å². The van der Waals surface area contributed by atoms with E-state index in [0.29, 0.717) is 0 Å². The lowest BCUT2D eigenvalue weighted by Gasteiger charge is -2.17. The van der Waals surface area contributed by atoms with Gasteiger partial charge in [-0.2, -0.15) is 0 Å². The Bertz CT molecular complexity index is 794. The Labute approximate surface area is 155 Å². The number of quaternary nitrogens is 1. The lowest BCUT2D eigenvalue weighted by Crippen LogP contribution is -2.84. The topological polar surface area (TPSA) is 39.0 Å². The standard InChI is InChI=1S/C23H25NO2/c1-25-22-13-6-5-12-20(22)21(23-14-8-18-26-23)15-17-24-16-7-11-19-9-3-2-4-10-19/h2-14,18,21,24H,15-17H2,1H3/p+1/b11-7+/t21-/m1/s1. The van der Waals surface area contributed by atoms with Crippen LogP contribution in [-0.4, -0.2) is 20.2 Å². The molecule has 1 heterocycles. The first-order valence-electron chi connectivity index (χ1n) is 9.08. The first-order valence-corrected chi connectivity index (χ1v) is 9.08. The van der Waals surface area contributed by atoms with E-state index in [1.165, 1.54) is 11.1 Å². The van der Waals surface area contributed by atoms with Crippen LogP contribution in [0.15, 0.2) is 83.5 Å². The first kappa shape index (κ1) is 18.0. The van der Waals surface area contributed by atoms with Gasteiger partial charge in [-0.05, 0) is 29.8 Å². The molecule has 3 nitrogen and oxygen atoms in total. The third-order valence-corrected chi connectivity index (χ3v) is 4.47. The van der Waals surface area contributed by atoms with Crippen molar-refractivity contribution in [2.24, 2.45) is 0 Å². The normalized spacial score (nSPS) is 12.3. The van der Waals surface area contributed by atoms with Crippen molar-refractivity contribution >= 4 is 6.08 Å².